The molecule has 5 nitrogen and oxygen atoms in total. The highest BCUT2D eigenvalue weighted by Crippen LogP contribution is 2.19. The van der Waals surface area contributed by atoms with Crippen molar-refractivity contribution in [3.8, 4) is 5.75 Å². The van der Waals surface area contributed by atoms with E-state index in [1.54, 1.807) is 6.07 Å². The minimum Gasteiger partial charge on any atom is -0.490 e. The number of nitrogens with zero attached hydrogens (tertiary/aromatic N) is 3. The zero-order valence-electron chi connectivity index (χ0n) is 18.7. The van der Waals surface area contributed by atoms with Crippen LogP contribution in [0, 0.1) is 5.82 Å². The SMILES string of the molecule is CCNC(=NCc1ccc(F)c(CN(C)C)c1)N1CCC(Oc2ccccc2)CC1.I. The Morgan fingerprint density at radius 3 is 2.52 bits per heavy atom. The summed E-state index contributed by atoms with van der Waals surface area (Å²) < 4.78 is 20.1. The Morgan fingerprint density at radius 1 is 1.16 bits per heavy atom. The maximum Gasteiger partial charge on any atom is 0.194 e. The molecule has 1 saturated heterocycles. The van der Waals surface area contributed by atoms with Crippen molar-refractivity contribution < 1.29 is 9.13 Å². The van der Waals surface area contributed by atoms with Crippen molar-refractivity contribution in [2.75, 3.05) is 33.7 Å². The third kappa shape index (κ3) is 7.96. The van der Waals surface area contributed by atoms with E-state index >= 15 is 0 Å². The number of rotatable bonds is 7. The van der Waals surface area contributed by atoms with E-state index in [1.807, 2.05) is 61.5 Å². The molecule has 0 aromatic heterocycles. The van der Waals surface area contributed by atoms with Crippen LogP contribution in [0.4, 0.5) is 4.39 Å². The first-order valence-corrected chi connectivity index (χ1v) is 10.7. The highest BCUT2D eigenvalue weighted by atomic mass is 127. The predicted molar refractivity (Wildman–Crippen MR) is 136 cm³/mol. The minimum atomic E-state index is -0.163. The van der Waals surface area contributed by atoms with E-state index < -0.39 is 0 Å². The average Bonchev–Trinajstić information content (AvgIpc) is 2.74. The zero-order valence-corrected chi connectivity index (χ0v) is 21.0. The molecule has 1 fully saturated rings. The van der Waals surface area contributed by atoms with E-state index in [1.165, 1.54) is 0 Å². The summed E-state index contributed by atoms with van der Waals surface area (Å²) >= 11 is 0. The lowest BCUT2D eigenvalue weighted by Gasteiger charge is -2.34. The van der Waals surface area contributed by atoms with Gasteiger partial charge >= 0.3 is 0 Å². The average molecular weight is 540 g/mol. The van der Waals surface area contributed by atoms with Gasteiger partial charge in [-0.1, -0.05) is 24.3 Å². The van der Waals surface area contributed by atoms with Crippen LogP contribution in [0.1, 0.15) is 30.9 Å². The van der Waals surface area contributed by atoms with Gasteiger partial charge in [-0.3, -0.25) is 0 Å². The predicted octanol–water partition coefficient (Wildman–Crippen LogP) is 4.51. The number of aliphatic imine (C=N–C) groups is 1. The van der Waals surface area contributed by atoms with Crippen LogP contribution in [0.15, 0.2) is 53.5 Å². The fourth-order valence-corrected chi connectivity index (χ4v) is 3.66. The number of hydrogen-bond acceptors (Lipinski definition) is 3. The van der Waals surface area contributed by atoms with Gasteiger partial charge in [0.2, 0.25) is 0 Å². The van der Waals surface area contributed by atoms with Gasteiger partial charge in [0.1, 0.15) is 17.7 Å². The molecule has 0 saturated carbocycles. The van der Waals surface area contributed by atoms with Crippen molar-refractivity contribution in [3.05, 3.63) is 65.5 Å². The smallest absolute Gasteiger partial charge is 0.194 e. The normalized spacial score (nSPS) is 15.0. The summed E-state index contributed by atoms with van der Waals surface area (Å²) in [5.74, 6) is 1.68. The molecule has 7 heteroatoms. The third-order valence-electron chi connectivity index (χ3n) is 5.13. The highest BCUT2D eigenvalue weighted by molar-refractivity contribution is 14.0. The molecule has 0 aliphatic carbocycles. The molecule has 31 heavy (non-hydrogen) atoms. The van der Waals surface area contributed by atoms with Crippen LogP contribution in [0.5, 0.6) is 5.75 Å². The molecule has 0 atom stereocenters. The maximum atomic E-state index is 14.0. The van der Waals surface area contributed by atoms with E-state index in [4.69, 9.17) is 9.73 Å². The molecule has 1 aliphatic heterocycles. The number of nitrogens with one attached hydrogen (secondary N) is 1. The molecule has 1 aliphatic rings. The van der Waals surface area contributed by atoms with Crippen LogP contribution in [-0.2, 0) is 13.1 Å². The molecule has 0 spiro atoms. The van der Waals surface area contributed by atoms with Gasteiger partial charge in [0, 0.05) is 44.6 Å². The van der Waals surface area contributed by atoms with Gasteiger partial charge in [0.05, 0.1) is 6.54 Å². The first-order chi connectivity index (χ1) is 14.5. The molecule has 2 aromatic carbocycles. The molecule has 0 bridgehead atoms. The van der Waals surface area contributed by atoms with E-state index in [0.29, 0.717) is 18.7 Å². The molecule has 2 aromatic rings. The van der Waals surface area contributed by atoms with Gasteiger partial charge in [-0.2, -0.15) is 0 Å². The number of hydrogen-bond donors (Lipinski definition) is 1. The molecule has 0 amide bonds. The topological polar surface area (TPSA) is 40.1 Å². The van der Waals surface area contributed by atoms with Crippen molar-refractivity contribution in [2.24, 2.45) is 4.99 Å². The third-order valence-corrected chi connectivity index (χ3v) is 5.13. The van der Waals surface area contributed by atoms with Gasteiger partial charge in [0.25, 0.3) is 0 Å². The fourth-order valence-electron chi connectivity index (χ4n) is 3.66. The van der Waals surface area contributed by atoms with Crippen LogP contribution in [0.25, 0.3) is 0 Å². The summed E-state index contributed by atoms with van der Waals surface area (Å²) in [6.45, 7) is 5.81. The molecule has 1 heterocycles. The first-order valence-electron chi connectivity index (χ1n) is 10.7. The van der Waals surface area contributed by atoms with Crippen LogP contribution < -0.4 is 10.1 Å². The first kappa shape index (κ1) is 25.4. The zero-order chi connectivity index (χ0) is 21.3. The van der Waals surface area contributed by atoms with Crippen molar-refractivity contribution in [3.63, 3.8) is 0 Å². The Labute approximate surface area is 202 Å². The number of guanidine groups is 1. The summed E-state index contributed by atoms with van der Waals surface area (Å²) in [7, 11) is 3.89. The van der Waals surface area contributed by atoms with Crippen LogP contribution in [0.3, 0.4) is 0 Å². The molecule has 0 unspecified atom stereocenters. The Kier molecular flexibility index (Phi) is 10.5. The van der Waals surface area contributed by atoms with E-state index in [2.05, 4.69) is 17.1 Å². The number of ether oxygens (including phenoxy) is 1. The van der Waals surface area contributed by atoms with Gasteiger partial charge in [-0.25, -0.2) is 9.38 Å². The lowest BCUT2D eigenvalue weighted by atomic mass is 10.1. The summed E-state index contributed by atoms with van der Waals surface area (Å²) in [6, 6.07) is 15.3. The second-order valence-corrected chi connectivity index (χ2v) is 7.95. The Bertz CT molecular complexity index is 824. The second kappa shape index (κ2) is 12.9. The summed E-state index contributed by atoms with van der Waals surface area (Å²) in [6.07, 6.45) is 2.16. The lowest BCUT2D eigenvalue weighted by Crippen LogP contribution is -2.47. The Balaban J connectivity index is 0.00000341. The van der Waals surface area contributed by atoms with Crippen LogP contribution >= 0.6 is 24.0 Å². The quantitative estimate of drug-likeness (QED) is 0.319. The molecular formula is C24H34FIN4O. The molecule has 170 valence electrons. The Morgan fingerprint density at radius 2 is 1.87 bits per heavy atom. The Hall–Kier alpha value is -1.87. The van der Waals surface area contributed by atoms with Crippen molar-refractivity contribution in [2.45, 2.75) is 39.0 Å². The van der Waals surface area contributed by atoms with E-state index in [-0.39, 0.29) is 35.9 Å². The van der Waals surface area contributed by atoms with E-state index in [9.17, 15) is 4.39 Å². The van der Waals surface area contributed by atoms with Crippen molar-refractivity contribution in [1.29, 1.82) is 0 Å². The van der Waals surface area contributed by atoms with Gasteiger partial charge in [-0.15, -0.1) is 24.0 Å². The van der Waals surface area contributed by atoms with Gasteiger partial charge in [0.15, 0.2) is 5.96 Å². The molecule has 1 N–H and O–H groups in total. The maximum absolute atomic E-state index is 14.0. The summed E-state index contributed by atoms with van der Waals surface area (Å²) in [5, 5.41) is 3.40. The largest absolute Gasteiger partial charge is 0.490 e. The number of benzene rings is 2. The highest BCUT2D eigenvalue weighted by Gasteiger charge is 2.22. The number of para-hydroxylation sites is 1. The van der Waals surface area contributed by atoms with Crippen molar-refractivity contribution in [1.82, 2.24) is 15.1 Å². The number of halogens is 2. The van der Waals surface area contributed by atoms with Crippen LogP contribution in [0.2, 0.25) is 0 Å². The fraction of sp³-hybridized carbons (Fsp3) is 0.458. The van der Waals surface area contributed by atoms with Gasteiger partial charge in [-0.05, 0) is 50.8 Å². The van der Waals surface area contributed by atoms with Gasteiger partial charge < -0.3 is 19.9 Å². The molecule has 0 radical (unpaired) electrons. The molecular weight excluding hydrogens is 506 g/mol. The van der Waals surface area contributed by atoms with Crippen molar-refractivity contribution >= 4 is 29.9 Å². The monoisotopic (exact) mass is 540 g/mol. The lowest BCUT2D eigenvalue weighted by molar-refractivity contribution is 0.129. The number of likely N-dealkylation sites (tertiary alicyclic amines) is 1. The number of piperidine rings is 1. The van der Waals surface area contributed by atoms with E-state index in [0.717, 1.165) is 49.7 Å². The second-order valence-electron chi connectivity index (χ2n) is 7.95. The van der Waals surface area contributed by atoms with Crippen LogP contribution in [-0.4, -0.2) is 55.6 Å². The summed E-state index contributed by atoms with van der Waals surface area (Å²) in [4.78, 5) is 9.08. The molecule has 3 rings (SSSR count). The standard InChI is InChI=1S/C24H33FN4O.HI/c1-4-26-24(27-17-19-10-11-23(25)20(16-19)18-28(2)3)29-14-12-22(13-15-29)30-21-8-6-5-7-9-21;/h5-11,16,22H,4,12-15,17-18H2,1-3H3,(H,26,27);1H. The summed E-state index contributed by atoms with van der Waals surface area (Å²) in [5.41, 5.74) is 1.72. The minimum absolute atomic E-state index is 0.